The molecule has 1 aliphatic heterocycles. The zero-order valence-electron chi connectivity index (χ0n) is 14.7. The van der Waals surface area contributed by atoms with Crippen molar-refractivity contribution < 1.29 is 14.4 Å². The smallest absolute Gasteiger partial charge is 0.325 e. The highest BCUT2D eigenvalue weighted by atomic mass is 16.2. The van der Waals surface area contributed by atoms with Crippen LogP contribution in [0.25, 0.3) is 0 Å². The van der Waals surface area contributed by atoms with E-state index < -0.39 is 17.6 Å². The van der Waals surface area contributed by atoms with Crippen molar-refractivity contribution in [3.05, 3.63) is 35.9 Å². The second-order valence-corrected chi connectivity index (χ2v) is 7.13. The number of nitrogens with one attached hydrogen (secondary N) is 2. The van der Waals surface area contributed by atoms with E-state index in [-0.39, 0.29) is 17.7 Å². The summed E-state index contributed by atoms with van der Waals surface area (Å²) in [4.78, 5) is 38.5. The summed E-state index contributed by atoms with van der Waals surface area (Å²) in [6.45, 7) is 4.09. The maximum atomic E-state index is 12.7. The molecule has 0 bridgehead atoms. The van der Waals surface area contributed by atoms with Crippen molar-refractivity contribution in [3.63, 3.8) is 0 Å². The number of carbonyl (C=O) groups is 3. The van der Waals surface area contributed by atoms with Crippen LogP contribution in [0.5, 0.6) is 0 Å². The molecule has 25 heavy (non-hydrogen) atoms. The molecule has 1 saturated heterocycles. The van der Waals surface area contributed by atoms with Crippen LogP contribution in [-0.4, -0.2) is 40.9 Å². The van der Waals surface area contributed by atoms with Crippen LogP contribution in [0.2, 0.25) is 0 Å². The van der Waals surface area contributed by atoms with E-state index in [1.165, 1.54) is 0 Å². The van der Waals surface area contributed by atoms with E-state index >= 15 is 0 Å². The van der Waals surface area contributed by atoms with Gasteiger partial charge in [0.15, 0.2) is 0 Å². The number of rotatable bonds is 5. The van der Waals surface area contributed by atoms with E-state index in [1.54, 1.807) is 6.92 Å². The van der Waals surface area contributed by atoms with Gasteiger partial charge in [-0.2, -0.15) is 0 Å². The SMILES string of the molecule is C[C@@H](CNC(=O)[C@H](C)N1C(=O)NC2(CCCC2)C1=O)c1ccccc1. The highest BCUT2D eigenvalue weighted by Gasteiger charge is 2.54. The summed E-state index contributed by atoms with van der Waals surface area (Å²) in [5.74, 6) is -0.406. The van der Waals surface area contributed by atoms with Crippen molar-refractivity contribution in [2.45, 2.75) is 57.0 Å². The van der Waals surface area contributed by atoms with Crippen LogP contribution in [0.1, 0.15) is 51.0 Å². The van der Waals surface area contributed by atoms with Crippen molar-refractivity contribution in [1.29, 1.82) is 0 Å². The largest absolute Gasteiger partial charge is 0.354 e. The van der Waals surface area contributed by atoms with Crippen molar-refractivity contribution in [2.75, 3.05) is 6.54 Å². The minimum absolute atomic E-state index is 0.154. The van der Waals surface area contributed by atoms with E-state index in [9.17, 15) is 14.4 Å². The van der Waals surface area contributed by atoms with Crippen molar-refractivity contribution in [3.8, 4) is 0 Å². The number of nitrogens with zero attached hydrogens (tertiary/aromatic N) is 1. The molecule has 6 nitrogen and oxygen atoms in total. The number of urea groups is 1. The lowest BCUT2D eigenvalue weighted by Gasteiger charge is -2.24. The summed E-state index contributed by atoms with van der Waals surface area (Å²) in [6.07, 6.45) is 3.17. The van der Waals surface area contributed by atoms with Crippen LogP contribution in [0.3, 0.4) is 0 Å². The molecule has 1 aromatic carbocycles. The van der Waals surface area contributed by atoms with Crippen molar-refractivity contribution >= 4 is 17.8 Å². The average molecular weight is 343 g/mol. The van der Waals surface area contributed by atoms with Gasteiger partial charge in [-0.3, -0.25) is 9.59 Å². The van der Waals surface area contributed by atoms with Crippen LogP contribution in [0.4, 0.5) is 4.79 Å². The zero-order chi connectivity index (χ0) is 18.0. The molecule has 1 heterocycles. The quantitative estimate of drug-likeness (QED) is 0.804. The van der Waals surface area contributed by atoms with E-state index in [4.69, 9.17) is 0 Å². The van der Waals surface area contributed by atoms with Crippen molar-refractivity contribution in [1.82, 2.24) is 15.5 Å². The summed E-state index contributed by atoms with van der Waals surface area (Å²) >= 11 is 0. The molecule has 3 rings (SSSR count). The first-order valence-electron chi connectivity index (χ1n) is 8.93. The third-order valence-corrected chi connectivity index (χ3v) is 5.37. The van der Waals surface area contributed by atoms with Crippen LogP contribution in [0, 0.1) is 0 Å². The molecule has 0 aromatic heterocycles. The number of amides is 4. The first-order chi connectivity index (χ1) is 11.9. The minimum atomic E-state index is -0.810. The van der Waals surface area contributed by atoms with E-state index in [2.05, 4.69) is 10.6 Å². The summed E-state index contributed by atoms with van der Waals surface area (Å²) in [5, 5.41) is 5.68. The molecule has 134 valence electrons. The van der Waals surface area contributed by atoms with Gasteiger partial charge in [0.25, 0.3) is 5.91 Å². The highest BCUT2D eigenvalue weighted by Crippen LogP contribution is 2.35. The predicted octanol–water partition coefficient (Wildman–Crippen LogP) is 2.16. The molecule has 1 aromatic rings. The molecule has 2 fully saturated rings. The van der Waals surface area contributed by atoms with E-state index in [0.29, 0.717) is 19.4 Å². The van der Waals surface area contributed by atoms with Crippen LogP contribution >= 0.6 is 0 Å². The Bertz CT molecular complexity index is 668. The standard InChI is InChI=1S/C19H25N3O3/c1-13(15-8-4-3-5-9-15)12-20-16(23)14(2)22-17(24)19(21-18(22)25)10-6-7-11-19/h3-5,8-9,13-14H,6-7,10-12H2,1-2H3,(H,20,23)(H,21,25)/t13-,14-/m0/s1. The summed E-state index contributed by atoms with van der Waals surface area (Å²) in [5.41, 5.74) is 0.360. The Kier molecular flexibility index (Phi) is 4.79. The second kappa shape index (κ2) is 6.86. The van der Waals surface area contributed by atoms with Crippen molar-refractivity contribution in [2.24, 2.45) is 0 Å². The lowest BCUT2D eigenvalue weighted by atomic mass is 9.97. The number of hydrogen-bond donors (Lipinski definition) is 2. The molecule has 0 radical (unpaired) electrons. The third kappa shape index (κ3) is 3.25. The van der Waals surface area contributed by atoms with Gasteiger partial charge in [-0.1, -0.05) is 50.1 Å². The van der Waals surface area contributed by atoms with Crippen LogP contribution in [0.15, 0.2) is 30.3 Å². The summed E-state index contributed by atoms with van der Waals surface area (Å²) in [7, 11) is 0. The van der Waals surface area contributed by atoms with Crippen LogP contribution in [-0.2, 0) is 9.59 Å². The molecule has 2 N–H and O–H groups in total. The van der Waals surface area contributed by atoms with Gasteiger partial charge in [-0.05, 0) is 31.2 Å². The summed E-state index contributed by atoms with van der Waals surface area (Å²) < 4.78 is 0. The Morgan fingerprint density at radius 3 is 2.48 bits per heavy atom. The van der Waals surface area contributed by atoms with Gasteiger partial charge in [0.2, 0.25) is 5.91 Å². The number of carbonyl (C=O) groups excluding carboxylic acids is 3. The molecular formula is C19H25N3O3. The third-order valence-electron chi connectivity index (χ3n) is 5.37. The molecule has 2 atom stereocenters. The number of imide groups is 1. The van der Waals surface area contributed by atoms with Gasteiger partial charge < -0.3 is 10.6 Å². The minimum Gasteiger partial charge on any atom is -0.354 e. The topological polar surface area (TPSA) is 78.5 Å². The van der Waals surface area contributed by atoms with Crippen LogP contribution < -0.4 is 10.6 Å². The van der Waals surface area contributed by atoms with Gasteiger partial charge in [0, 0.05) is 6.54 Å². The molecule has 1 spiro atoms. The molecule has 0 unspecified atom stereocenters. The summed E-state index contributed by atoms with van der Waals surface area (Å²) in [6, 6.07) is 8.65. The lowest BCUT2D eigenvalue weighted by molar-refractivity contribution is -0.137. The Balaban J connectivity index is 1.61. The first-order valence-corrected chi connectivity index (χ1v) is 8.93. The molecule has 2 aliphatic rings. The molecule has 1 saturated carbocycles. The number of hydrogen-bond acceptors (Lipinski definition) is 3. The van der Waals surface area contributed by atoms with Gasteiger partial charge in [0.1, 0.15) is 11.6 Å². The fourth-order valence-electron chi connectivity index (χ4n) is 3.73. The molecule has 6 heteroatoms. The average Bonchev–Trinajstić information content (AvgIpc) is 3.18. The molecule has 4 amide bonds. The lowest BCUT2D eigenvalue weighted by Crippen LogP contribution is -2.50. The van der Waals surface area contributed by atoms with Gasteiger partial charge >= 0.3 is 6.03 Å². The maximum Gasteiger partial charge on any atom is 0.325 e. The number of benzene rings is 1. The molecule has 1 aliphatic carbocycles. The van der Waals surface area contributed by atoms with E-state index in [0.717, 1.165) is 23.3 Å². The highest BCUT2D eigenvalue weighted by molar-refractivity contribution is 6.09. The molecular weight excluding hydrogens is 318 g/mol. The monoisotopic (exact) mass is 343 g/mol. The van der Waals surface area contributed by atoms with E-state index in [1.807, 2.05) is 37.3 Å². The Labute approximate surface area is 148 Å². The Hall–Kier alpha value is -2.37. The second-order valence-electron chi connectivity index (χ2n) is 7.13. The van der Waals surface area contributed by atoms with Gasteiger partial charge in [-0.15, -0.1) is 0 Å². The first kappa shape index (κ1) is 17.5. The Morgan fingerprint density at radius 2 is 1.84 bits per heavy atom. The fraction of sp³-hybridized carbons (Fsp3) is 0.526. The maximum absolute atomic E-state index is 12.7. The van der Waals surface area contributed by atoms with Gasteiger partial charge in [-0.25, -0.2) is 9.69 Å². The van der Waals surface area contributed by atoms with Gasteiger partial charge in [0.05, 0.1) is 0 Å². The normalized spacial score (nSPS) is 21.3. The predicted molar refractivity (Wildman–Crippen MR) is 93.9 cm³/mol. The zero-order valence-corrected chi connectivity index (χ0v) is 14.7. The fourth-order valence-corrected chi connectivity index (χ4v) is 3.73. The Morgan fingerprint density at radius 1 is 1.20 bits per heavy atom.